The van der Waals surface area contributed by atoms with E-state index < -0.39 is 0 Å². The Bertz CT molecular complexity index is 1020. The lowest BCUT2D eigenvalue weighted by atomic mass is 10.2. The van der Waals surface area contributed by atoms with Crippen molar-refractivity contribution in [3.63, 3.8) is 0 Å². The highest BCUT2D eigenvalue weighted by Crippen LogP contribution is 2.22. The molecular weight excluding hydrogens is 448 g/mol. The minimum absolute atomic E-state index is 0.326. The number of carbonyl (C=O) groups is 1. The molecule has 0 aliphatic rings. The van der Waals surface area contributed by atoms with Gasteiger partial charge in [-0.05, 0) is 60.2 Å². The van der Waals surface area contributed by atoms with Crippen LogP contribution in [0.3, 0.4) is 0 Å². The largest absolute Gasteiger partial charge is 0.497 e. The number of nitrogens with zero attached hydrogens (tertiary/aromatic N) is 1. The van der Waals surface area contributed by atoms with Crippen molar-refractivity contribution in [1.29, 1.82) is 0 Å². The molecule has 1 N–H and O–H groups in total. The van der Waals surface area contributed by atoms with E-state index in [-0.39, 0.29) is 5.91 Å². The van der Waals surface area contributed by atoms with Gasteiger partial charge in [0.25, 0.3) is 5.91 Å². The summed E-state index contributed by atoms with van der Waals surface area (Å²) in [5.41, 5.74) is 4.73. The van der Waals surface area contributed by atoms with Gasteiger partial charge in [-0.2, -0.15) is 5.10 Å². The van der Waals surface area contributed by atoms with Gasteiger partial charge < -0.3 is 14.2 Å². The maximum Gasteiger partial charge on any atom is 0.271 e. The molecule has 0 aromatic heterocycles. The standard InChI is InChI=1S/C23H21BrN2O4/c1-28-21-11-12-22(29-2)18(13-21)14-25-26-23(27)17-5-9-20(10-6-17)30-15-16-3-7-19(24)8-4-16/h3-14H,15H2,1-2H3,(H,26,27)/b25-14+. The lowest BCUT2D eigenvalue weighted by Crippen LogP contribution is -2.17. The summed E-state index contributed by atoms with van der Waals surface area (Å²) in [6, 6.07) is 20.1. The molecule has 0 heterocycles. The van der Waals surface area contributed by atoms with Crippen LogP contribution < -0.4 is 19.6 Å². The quantitative estimate of drug-likeness (QED) is 0.380. The Kier molecular flexibility index (Phi) is 7.45. The number of hydrogen-bond acceptors (Lipinski definition) is 5. The van der Waals surface area contributed by atoms with E-state index in [1.807, 2.05) is 24.3 Å². The number of hydrogen-bond donors (Lipinski definition) is 1. The van der Waals surface area contributed by atoms with E-state index in [1.54, 1.807) is 56.7 Å². The minimum Gasteiger partial charge on any atom is -0.497 e. The van der Waals surface area contributed by atoms with Crippen LogP contribution >= 0.6 is 15.9 Å². The number of hydrazone groups is 1. The normalized spacial score (nSPS) is 10.6. The van der Waals surface area contributed by atoms with Crippen LogP contribution in [0, 0.1) is 0 Å². The molecule has 0 bridgehead atoms. The van der Waals surface area contributed by atoms with Crippen LogP contribution in [-0.2, 0) is 6.61 Å². The van der Waals surface area contributed by atoms with E-state index in [4.69, 9.17) is 14.2 Å². The molecule has 7 heteroatoms. The Morgan fingerprint density at radius 3 is 2.33 bits per heavy atom. The summed E-state index contributed by atoms with van der Waals surface area (Å²) in [6.45, 7) is 0.450. The molecule has 3 aromatic carbocycles. The lowest BCUT2D eigenvalue weighted by Gasteiger charge is -2.08. The fourth-order valence-electron chi connectivity index (χ4n) is 2.62. The molecule has 0 aliphatic heterocycles. The summed E-state index contributed by atoms with van der Waals surface area (Å²) in [4.78, 5) is 12.3. The van der Waals surface area contributed by atoms with Gasteiger partial charge in [0.15, 0.2) is 0 Å². The minimum atomic E-state index is -0.326. The van der Waals surface area contributed by atoms with Crippen LogP contribution in [0.1, 0.15) is 21.5 Å². The summed E-state index contributed by atoms with van der Waals surface area (Å²) < 4.78 is 17.3. The smallest absolute Gasteiger partial charge is 0.271 e. The lowest BCUT2D eigenvalue weighted by molar-refractivity contribution is 0.0955. The van der Waals surface area contributed by atoms with E-state index in [9.17, 15) is 4.79 Å². The monoisotopic (exact) mass is 468 g/mol. The fraction of sp³-hybridized carbons (Fsp3) is 0.130. The van der Waals surface area contributed by atoms with Crippen molar-refractivity contribution in [2.75, 3.05) is 14.2 Å². The van der Waals surface area contributed by atoms with Gasteiger partial charge in [-0.3, -0.25) is 4.79 Å². The second-order valence-corrected chi connectivity index (χ2v) is 7.16. The SMILES string of the molecule is COc1ccc(OC)c(/C=N/NC(=O)c2ccc(OCc3ccc(Br)cc3)cc2)c1. The van der Waals surface area contributed by atoms with Crippen LogP contribution in [0.5, 0.6) is 17.2 Å². The van der Waals surface area contributed by atoms with E-state index in [0.717, 1.165) is 10.0 Å². The van der Waals surface area contributed by atoms with Gasteiger partial charge in [-0.25, -0.2) is 5.43 Å². The number of nitrogens with one attached hydrogen (secondary N) is 1. The number of ether oxygens (including phenoxy) is 3. The highest BCUT2D eigenvalue weighted by molar-refractivity contribution is 9.10. The summed E-state index contributed by atoms with van der Waals surface area (Å²) >= 11 is 3.41. The van der Waals surface area contributed by atoms with Gasteiger partial charge in [0, 0.05) is 15.6 Å². The third kappa shape index (κ3) is 5.84. The highest BCUT2D eigenvalue weighted by atomic mass is 79.9. The summed E-state index contributed by atoms with van der Waals surface area (Å²) in [5, 5.41) is 4.01. The first-order valence-corrected chi connectivity index (χ1v) is 9.91. The molecule has 30 heavy (non-hydrogen) atoms. The van der Waals surface area contributed by atoms with Gasteiger partial charge >= 0.3 is 0 Å². The average molecular weight is 469 g/mol. The van der Waals surface area contributed by atoms with E-state index in [2.05, 4.69) is 26.5 Å². The first-order valence-electron chi connectivity index (χ1n) is 9.12. The number of benzene rings is 3. The van der Waals surface area contributed by atoms with Crippen molar-refractivity contribution < 1.29 is 19.0 Å². The van der Waals surface area contributed by atoms with Crippen LogP contribution in [0.4, 0.5) is 0 Å². The fourth-order valence-corrected chi connectivity index (χ4v) is 2.88. The van der Waals surface area contributed by atoms with Crippen LogP contribution in [-0.4, -0.2) is 26.3 Å². The van der Waals surface area contributed by atoms with Crippen molar-refractivity contribution in [2.24, 2.45) is 5.10 Å². The number of carbonyl (C=O) groups excluding carboxylic acids is 1. The molecule has 0 saturated heterocycles. The molecule has 0 radical (unpaired) electrons. The second-order valence-electron chi connectivity index (χ2n) is 6.25. The highest BCUT2D eigenvalue weighted by Gasteiger charge is 2.06. The molecule has 3 rings (SSSR count). The zero-order chi connectivity index (χ0) is 21.3. The van der Waals surface area contributed by atoms with Gasteiger partial charge in [-0.1, -0.05) is 28.1 Å². The van der Waals surface area contributed by atoms with Crippen molar-refractivity contribution in [2.45, 2.75) is 6.61 Å². The Morgan fingerprint density at radius 1 is 0.967 bits per heavy atom. The number of methoxy groups -OCH3 is 2. The predicted molar refractivity (Wildman–Crippen MR) is 120 cm³/mol. The number of halogens is 1. The molecular formula is C23H21BrN2O4. The molecule has 1 amide bonds. The summed E-state index contributed by atoms with van der Waals surface area (Å²) in [7, 11) is 3.15. The first-order chi connectivity index (χ1) is 14.6. The maximum atomic E-state index is 12.3. The van der Waals surface area contributed by atoms with Gasteiger partial charge in [0.2, 0.25) is 0 Å². The Morgan fingerprint density at radius 2 is 1.67 bits per heavy atom. The maximum absolute atomic E-state index is 12.3. The number of rotatable bonds is 8. The zero-order valence-corrected chi connectivity index (χ0v) is 18.2. The summed E-state index contributed by atoms with van der Waals surface area (Å²) in [5.74, 6) is 1.65. The van der Waals surface area contributed by atoms with E-state index in [0.29, 0.717) is 35.0 Å². The average Bonchev–Trinajstić information content (AvgIpc) is 2.79. The Hall–Kier alpha value is -3.32. The molecule has 0 aliphatic carbocycles. The molecule has 0 saturated carbocycles. The molecule has 0 fully saturated rings. The molecule has 0 unspecified atom stereocenters. The Balaban J connectivity index is 1.57. The predicted octanol–water partition coefficient (Wildman–Crippen LogP) is 4.81. The van der Waals surface area contributed by atoms with E-state index >= 15 is 0 Å². The van der Waals surface area contributed by atoms with E-state index in [1.165, 1.54) is 6.21 Å². The van der Waals surface area contributed by atoms with Crippen molar-refractivity contribution in [1.82, 2.24) is 5.43 Å². The summed E-state index contributed by atoms with van der Waals surface area (Å²) in [6.07, 6.45) is 1.51. The number of amides is 1. The van der Waals surface area contributed by atoms with Crippen molar-refractivity contribution in [3.05, 3.63) is 87.9 Å². The molecule has 0 atom stereocenters. The molecule has 154 valence electrons. The third-order valence-corrected chi connectivity index (χ3v) is 4.77. The van der Waals surface area contributed by atoms with Gasteiger partial charge in [0.1, 0.15) is 23.9 Å². The van der Waals surface area contributed by atoms with Crippen LogP contribution in [0.15, 0.2) is 76.3 Å². The molecule has 6 nitrogen and oxygen atoms in total. The first kappa shape index (κ1) is 21.4. The van der Waals surface area contributed by atoms with Crippen molar-refractivity contribution in [3.8, 4) is 17.2 Å². The second kappa shape index (κ2) is 10.5. The van der Waals surface area contributed by atoms with Gasteiger partial charge in [0.05, 0.1) is 20.4 Å². The van der Waals surface area contributed by atoms with Crippen LogP contribution in [0.2, 0.25) is 0 Å². The van der Waals surface area contributed by atoms with Crippen molar-refractivity contribution >= 4 is 28.1 Å². The topological polar surface area (TPSA) is 69.2 Å². The van der Waals surface area contributed by atoms with Crippen LogP contribution in [0.25, 0.3) is 0 Å². The Labute approximate surface area is 183 Å². The zero-order valence-electron chi connectivity index (χ0n) is 16.6. The molecule has 3 aromatic rings. The third-order valence-electron chi connectivity index (χ3n) is 4.24. The van der Waals surface area contributed by atoms with Gasteiger partial charge in [-0.15, -0.1) is 0 Å². The molecule has 0 spiro atoms.